The van der Waals surface area contributed by atoms with Gasteiger partial charge in [0, 0.05) is 0 Å². The Hall–Kier alpha value is -1.30. The fourth-order valence-corrected chi connectivity index (χ4v) is 1.81. The van der Waals surface area contributed by atoms with Crippen molar-refractivity contribution >= 4 is 5.57 Å². The lowest BCUT2D eigenvalue weighted by Crippen LogP contribution is -2.02. The molecule has 0 atom stereocenters. The second kappa shape index (κ2) is 3.61. The molecule has 13 heavy (non-hydrogen) atoms. The lowest BCUT2D eigenvalue weighted by molar-refractivity contribution is 0.867. The van der Waals surface area contributed by atoms with Crippen LogP contribution in [0.5, 0.6) is 0 Å². The molecular weight excluding hydrogens is 156 g/mol. The third-order valence-electron chi connectivity index (χ3n) is 2.62. The highest BCUT2D eigenvalue weighted by Gasteiger charge is 2.16. The zero-order valence-electron chi connectivity index (χ0n) is 7.79. The topological polar surface area (TPSA) is 0 Å². The lowest BCUT2D eigenvalue weighted by atomic mass is 9.82. The van der Waals surface area contributed by atoms with E-state index in [-0.39, 0.29) is 0 Å². The summed E-state index contributed by atoms with van der Waals surface area (Å²) in [7, 11) is 0. The van der Waals surface area contributed by atoms with E-state index in [1.165, 1.54) is 18.4 Å². The summed E-state index contributed by atoms with van der Waals surface area (Å²) in [5, 5.41) is 0. The van der Waals surface area contributed by atoms with Crippen LogP contribution in [-0.2, 0) is 0 Å². The molecule has 0 unspecified atom stereocenters. The van der Waals surface area contributed by atoms with Gasteiger partial charge in [-0.05, 0) is 30.4 Å². The van der Waals surface area contributed by atoms with Crippen LogP contribution in [0.1, 0.15) is 24.8 Å². The molecule has 66 valence electrons. The van der Waals surface area contributed by atoms with Gasteiger partial charge in [-0.25, -0.2) is 0 Å². The van der Waals surface area contributed by atoms with E-state index >= 15 is 0 Å². The normalized spacial score (nSPS) is 15.4. The van der Waals surface area contributed by atoms with Crippen LogP contribution in [0.4, 0.5) is 0 Å². The van der Waals surface area contributed by atoms with Gasteiger partial charge >= 0.3 is 0 Å². The van der Waals surface area contributed by atoms with E-state index in [0.29, 0.717) is 0 Å². The van der Waals surface area contributed by atoms with Gasteiger partial charge in [0.25, 0.3) is 0 Å². The minimum Gasteiger partial charge on any atom is -0.103 e. The first-order valence-electron chi connectivity index (χ1n) is 4.79. The zero-order valence-corrected chi connectivity index (χ0v) is 7.79. The van der Waals surface area contributed by atoms with Gasteiger partial charge in [-0.1, -0.05) is 42.0 Å². The van der Waals surface area contributed by atoms with Crippen molar-refractivity contribution in [2.24, 2.45) is 0 Å². The quantitative estimate of drug-likeness (QED) is 0.605. The first-order valence-corrected chi connectivity index (χ1v) is 4.79. The SMILES string of the molecule is C=CCC1=C(c2ccccc2)CC1. The Labute approximate surface area is 79.6 Å². The first-order chi connectivity index (χ1) is 6.42. The van der Waals surface area contributed by atoms with Gasteiger partial charge in [0.05, 0.1) is 0 Å². The highest BCUT2D eigenvalue weighted by Crippen LogP contribution is 2.37. The van der Waals surface area contributed by atoms with Crippen LogP contribution in [0.25, 0.3) is 5.57 Å². The number of hydrogen-bond acceptors (Lipinski definition) is 0. The van der Waals surface area contributed by atoms with Crippen molar-refractivity contribution in [2.75, 3.05) is 0 Å². The maximum atomic E-state index is 3.78. The average molecular weight is 170 g/mol. The third kappa shape index (κ3) is 1.57. The maximum absolute atomic E-state index is 3.78. The molecule has 0 nitrogen and oxygen atoms in total. The Morgan fingerprint density at radius 3 is 2.46 bits per heavy atom. The van der Waals surface area contributed by atoms with Gasteiger partial charge in [-0.15, -0.1) is 6.58 Å². The molecule has 0 N–H and O–H groups in total. The Kier molecular flexibility index (Phi) is 2.31. The van der Waals surface area contributed by atoms with Crippen LogP contribution in [0, 0.1) is 0 Å². The summed E-state index contributed by atoms with van der Waals surface area (Å²) in [6.07, 6.45) is 5.56. The number of allylic oxidation sites excluding steroid dienone is 3. The number of hydrogen-bond donors (Lipinski definition) is 0. The second-order valence-electron chi connectivity index (χ2n) is 3.44. The number of rotatable bonds is 3. The zero-order chi connectivity index (χ0) is 9.10. The Balaban J connectivity index is 2.27. The molecule has 1 aliphatic carbocycles. The van der Waals surface area contributed by atoms with Crippen molar-refractivity contribution in [2.45, 2.75) is 19.3 Å². The van der Waals surface area contributed by atoms with Crippen molar-refractivity contribution in [3.8, 4) is 0 Å². The van der Waals surface area contributed by atoms with Gasteiger partial charge in [0.15, 0.2) is 0 Å². The van der Waals surface area contributed by atoms with E-state index in [1.54, 1.807) is 11.1 Å². The summed E-state index contributed by atoms with van der Waals surface area (Å²) in [6, 6.07) is 10.7. The van der Waals surface area contributed by atoms with Crippen LogP contribution in [-0.4, -0.2) is 0 Å². The van der Waals surface area contributed by atoms with E-state index in [2.05, 4.69) is 36.9 Å². The minimum absolute atomic E-state index is 1.06. The van der Waals surface area contributed by atoms with E-state index in [0.717, 1.165) is 6.42 Å². The Bertz CT molecular complexity index is 330. The predicted octanol–water partition coefficient (Wildman–Crippen LogP) is 3.81. The molecule has 0 bridgehead atoms. The van der Waals surface area contributed by atoms with Gasteiger partial charge in [0.1, 0.15) is 0 Å². The van der Waals surface area contributed by atoms with Crippen molar-refractivity contribution < 1.29 is 0 Å². The molecule has 0 aliphatic heterocycles. The standard InChI is InChI=1S/C13H14/c1-2-6-11-9-10-13(11)12-7-4-3-5-8-12/h2-5,7-8H,1,6,9-10H2. The lowest BCUT2D eigenvalue weighted by Gasteiger charge is -2.23. The molecule has 0 radical (unpaired) electrons. The molecule has 0 aromatic heterocycles. The molecule has 0 saturated carbocycles. The molecule has 0 amide bonds. The van der Waals surface area contributed by atoms with E-state index in [9.17, 15) is 0 Å². The molecule has 0 fully saturated rings. The first kappa shape index (κ1) is 8.31. The molecule has 0 heterocycles. The number of benzene rings is 1. The monoisotopic (exact) mass is 170 g/mol. The van der Waals surface area contributed by atoms with Crippen LogP contribution < -0.4 is 0 Å². The van der Waals surface area contributed by atoms with Crippen LogP contribution >= 0.6 is 0 Å². The molecule has 1 aliphatic rings. The molecular formula is C13H14. The highest BCUT2D eigenvalue weighted by atomic mass is 14.2. The van der Waals surface area contributed by atoms with Gasteiger partial charge < -0.3 is 0 Å². The van der Waals surface area contributed by atoms with Crippen molar-refractivity contribution in [3.05, 3.63) is 54.1 Å². The summed E-state index contributed by atoms with van der Waals surface area (Å²) in [5.41, 5.74) is 4.51. The van der Waals surface area contributed by atoms with Crippen LogP contribution in [0.3, 0.4) is 0 Å². The Morgan fingerprint density at radius 1 is 1.15 bits per heavy atom. The summed E-state index contributed by atoms with van der Waals surface area (Å²) in [4.78, 5) is 0. The van der Waals surface area contributed by atoms with Crippen molar-refractivity contribution in [1.29, 1.82) is 0 Å². The minimum atomic E-state index is 1.06. The fraction of sp³-hybridized carbons (Fsp3) is 0.231. The van der Waals surface area contributed by atoms with E-state index in [1.807, 2.05) is 6.08 Å². The van der Waals surface area contributed by atoms with E-state index < -0.39 is 0 Å². The van der Waals surface area contributed by atoms with Gasteiger partial charge in [0.2, 0.25) is 0 Å². The molecule has 1 aromatic rings. The maximum Gasteiger partial charge on any atom is -0.0135 e. The third-order valence-corrected chi connectivity index (χ3v) is 2.62. The average Bonchev–Trinajstić information content (AvgIpc) is 2.14. The van der Waals surface area contributed by atoms with Crippen molar-refractivity contribution in [3.63, 3.8) is 0 Å². The molecule has 0 heteroatoms. The summed E-state index contributed by atoms with van der Waals surface area (Å²) < 4.78 is 0. The molecule has 0 spiro atoms. The van der Waals surface area contributed by atoms with E-state index in [4.69, 9.17) is 0 Å². The highest BCUT2D eigenvalue weighted by molar-refractivity contribution is 5.73. The molecule has 0 saturated heterocycles. The predicted molar refractivity (Wildman–Crippen MR) is 57.4 cm³/mol. The van der Waals surface area contributed by atoms with Gasteiger partial charge in [-0.2, -0.15) is 0 Å². The second-order valence-corrected chi connectivity index (χ2v) is 3.44. The molecule has 2 rings (SSSR count). The van der Waals surface area contributed by atoms with Crippen molar-refractivity contribution in [1.82, 2.24) is 0 Å². The summed E-state index contributed by atoms with van der Waals surface area (Å²) in [5.74, 6) is 0. The fourth-order valence-electron chi connectivity index (χ4n) is 1.81. The summed E-state index contributed by atoms with van der Waals surface area (Å²) >= 11 is 0. The Morgan fingerprint density at radius 2 is 1.92 bits per heavy atom. The van der Waals surface area contributed by atoms with Gasteiger partial charge in [-0.3, -0.25) is 0 Å². The van der Waals surface area contributed by atoms with Crippen LogP contribution in [0.2, 0.25) is 0 Å². The summed E-state index contributed by atoms with van der Waals surface area (Å²) in [6.45, 7) is 3.78. The molecule has 1 aromatic carbocycles. The largest absolute Gasteiger partial charge is 0.103 e. The van der Waals surface area contributed by atoms with Crippen LogP contribution in [0.15, 0.2) is 48.6 Å². The smallest absolute Gasteiger partial charge is 0.0135 e.